The summed E-state index contributed by atoms with van der Waals surface area (Å²) in [4.78, 5) is 14.0. The molecular formula is C13H18BrN3O. The zero-order valence-electron chi connectivity index (χ0n) is 10.7. The number of nitrogen functional groups attached to an aromatic ring is 1. The summed E-state index contributed by atoms with van der Waals surface area (Å²) in [5.41, 5.74) is 7.33. The normalized spacial score (nSPS) is 19.6. The Kier molecular flexibility index (Phi) is 3.64. The number of amides is 1. The van der Waals surface area contributed by atoms with Gasteiger partial charge in [-0.15, -0.1) is 0 Å². The average molecular weight is 312 g/mol. The molecule has 2 rings (SSSR count). The Balaban J connectivity index is 2.20. The number of piperazine rings is 1. The van der Waals surface area contributed by atoms with Crippen LogP contribution in [-0.4, -0.2) is 29.4 Å². The summed E-state index contributed by atoms with van der Waals surface area (Å²) in [5, 5.41) is 2.89. The molecule has 0 saturated carbocycles. The number of hydrogen-bond donors (Lipinski definition) is 2. The number of benzene rings is 1. The van der Waals surface area contributed by atoms with E-state index in [9.17, 15) is 4.79 Å². The highest BCUT2D eigenvalue weighted by Gasteiger charge is 2.37. The van der Waals surface area contributed by atoms with Crippen molar-refractivity contribution >= 4 is 27.5 Å². The number of nitrogens with zero attached hydrogens (tertiary/aromatic N) is 1. The summed E-state index contributed by atoms with van der Waals surface area (Å²) in [6, 6.07) is 5.87. The van der Waals surface area contributed by atoms with Gasteiger partial charge in [0.2, 0.25) is 5.91 Å². The number of rotatable bonds is 2. The van der Waals surface area contributed by atoms with E-state index >= 15 is 0 Å². The first kappa shape index (κ1) is 13.4. The largest absolute Gasteiger partial charge is 0.398 e. The van der Waals surface area contributed by atoms with Crippen molar-refractivity contribution in [2.24, 2.45) is 0 Å². The van der Waals surface area contributed by atoms with E-state index in [1.54, 1.807) is 0 Å². The first-order valence-electron chi connectivity index (χ1n) is 5.98. The number of carbonyl (C=O) groups excluding carboxylic acids is 1. The van der Waals surface area contributed by atoms with Crippen LogP contribution in [0.3, 0.4) is 0 Å². The molecule has 1 aliphatic rings. The number of nitrogens with two attached hydrogens (primary N) is 1. The maximum atomic E-state index is 11.9. The highest BCUT2D eigenvalue weighted by molar-refractivity contribution is 9.10. The van der Waals surface area contributed by atoms with Crippen LogP contribution in [0.15, 0.2) is 22.7 Å². The Morgan fingerprint density at radius 3 is 2.89 bits per heavy atom. The Bertz CT molecular complexity index is 473. The molecule has 1 aliphatic heterocycles. The fraction of sp³-hybridized carbons (Fsp3) is 0.462. The van der Waals surface area contributed by atoms with Gasteiger partial charge in [0, 0.05) is 29.8 Å². The van der Waals surface area contributed by atoms with E-state index in [0.717, 1.165) is 22.3 Å². The van der Waals surface area contributed by atoms with Gasteiger partial charge in [-0.05, 0) is 31.5 Å². The Hall–Kier alpha value is -1.07. The van der Waals surface area contributed by atoms with Crippen molar-refractivity contribution in [2.45, 2.75) is 25.9 Å². The lowest BCUT2D eigenvalue weighted by Gasteiger charge is -2.41. The molecule has 0 radical (unpaired) electrons. The van der Waals surface area contributed by atoms with Gasteiger partial charge < -0.3 is 11.1 Å². The minimum absolute atomic E-state index is 0.0735. The van der Waals surface area contributed by atoms with E-state index in [0.29, 0.717) is 13.1 Å². The SMILES string of the molecule is CC1(C)C(=O)NCCN1Cc1ccc(Br)cc1N. The van der Waals surface area contributed by atoms with Gasteiger partial charge >= 0.3 is 0 Å². The molecule has 0 aliphatic carbocycles. The number of anilines is 1. The Labute approximate surface area is 116 Å². The van der Waals surface area contributed by atoms with E-state index in [4.69, 9.17) is 5.73 Å². The number of hydrogen-bond acceptors (Lipinski definition) is 3. The quantitative estimate of drug-likeness (QED) is 0.818. The predicted octanol–water partition coefficient (Wildman–Crippen LogP) is 1.74. The van der Waals surface area contributed by atoms with Gasteiger partial charge in [0.15, 0.2) is 0 Å². The third kappa shape index (κ3) is 2.52. The van der Waals surface area contributed by atoms with Crippen molar-refractivity contribution < 1.29 is 4.79 Å². The van der Waals surface area contributed by atoms with Crippen LogP contribution in [0.2, 0.25) is 0 Å². The topological polar surface area (TPSA) is 58.4 Å². The summed E-state index contributed by atoms with van der Waals surface area (Å²) in [7, 11) is 0. The number of carbonyl (C=O) groups is 1. The summed E-state index contributed by atoms with van der Waals surface area (Å²) in [5.74, 6) is 0.0735. The average Bonchev–Trinajstić information content (AvgIpc) is 2.28. The second-order valence-corrected chi connectivity index (χ2v) is 6.00. The third-order valence-electron chi connectivity index (χ3n) is 3.48. The maximum absolute atomic E-state index is 11.9. The van der Waals surface area contributed by atoms with E-state index < -0.39 is 5.54 Å². The summed E-state index contributed by atoms with van der Waals surface area (Å²) in [6.07, 6.45) is 0. The van der Waals surface area contributed by atoms with E-state index in [1.165, 1.54) is 0 Å². The van der Waals surface area contributed by atoms with Crippen molar-refractivity contribution in [3.63, 3.8) is 0 Å². The minimum Gasteiger partial charge on any atom is -0.398 e. The molecule has 1 fully saturated rings. The second kappa shape index (κ2) is 4.90. The molecule has 1 aromatic rings. The molecule has 0 atom stereocenters. The predicted molar refractivity (Wildman–Crippen MR) is 76.1 cm³/mol. The van der Waals surface area contributed by atoms with E-state index in [-0.39, 0.29) is 5.91 Å². The van der Waals surface area contributed by atoms with Gasteiger partial charge in [-0.25, -0.2) is 0 Å². The van der Waals surface area contributed by atoms with E-state index in [1.807, 2.05) is 32.0 Å². The molecule has 1 aromatic carbocycles. The molecule has 5 heteroatoms. The summed E-state index contributed by atoms with van der Waals surface area (Å²) < 4.78 is 0.972. The molecule has 0 aromatic heterocycles. The Morgan fingerprint density at radius 2 is 2.22 bits per heavy atom. The van der Waals surface area contributed by atoms with E-state index in [2.05, 4.69) is 26.1 Å². The first-order chi connectivity index (χ1) is 8.41. The second-order valence-electron chi connectivity index (χ2n) is 5.08. The van der Waals surface area contributed by atoms with Crippen LogP contribution < -0.4 is 11.1 Å². The Morgan fingerprint density at radius 1 is 1.50 bits per heavy atom. The lowest BCUT2D eigenvalue weighted by molar-refractivity contribution is -0.135. The molecule has 4 nitrogen and oxygen atoms in total. The van der Waals surface area contributed by atoms with Crippen LogP contribution in [0.1, 0.15) is 19.4 Å². The van der Waals surface area contributed by atoms with Gasteiger partial charge in [-0.2, -0.15) is 0 Å². The smallest absolute Gasteiger partial charge is 0.240 e. The number of halogens is 1. The van der Waals surface area contributed by atoms with Gasteiger partial charge in [0.25, 0.3) is 0 Å². The molecule has 1 heterocycles. The van der Waals surface area contributed by atoms with Crippen LogP contribution in [0.25, 0.3) is 0 Å². The van der Waals surface area contributed by atoms with Gasteiger partial charge in [-0.3, -0.25) is 9.69 Å². The fourth-order valence-corrected chi connectivity index (χ4v) is 2.51. The molecule has 0 spiro atoms. The van der Waals surface area contributed by atoms with Gasteiger partial charge in [-0.1, -0.05) is 22.0 Å². The fourth-order valence-electron chi connectivity index (χ4n) is 2.14. The lowest BCUT2D eigenvalue weighted by Crippen LogP contribution is -2.61. The van der Waals surface area contributed by atoms with Crippen LogP contribution >= 0.6 is 15.9 Å². The van der Waals surface area contributed by atoms with Crippen LogP contribution in [0, 0.1) is 0 Å². The van der Waals surface area contributed by atoms with Gasteiger partial charge in [0.1, 0.15) is 0 Å². The monoisotopic (exact) mass is 311 g/mol. The molecule has 0 unspecified atom stereocenters. The van der Waals surface area contributed by atoms with Crippen molar-refractivity contribution in [1.82, 2.24) is 10.2 Å². The highest BCUT2D eigenvalue weighted by Crippen LogP contribution is 2.24. The number of nitrogens with one attached hydrogen (secondary N) is 1. The van der Waals surface area contributed by atoms with Crippen molar-refractivity contribution in [1.29, 1.82) is 0 Å². The van der Waals surface area contributed by atoms with Crippen molar-refractivity contribution in [3.8, 4) is 0 Å². The van der Waals surface area contributed by atoms with Crippen molar-refractivity contribution in [3.05, 3.63) is 28.2 Å². The summed E-state index contributed by atoms with van der Waals surface area (Å²) in [6.45, 7) is 6.11. The standard InChI is InChI=1S/C13H18BrN3O/c1-13(2)12(18)16-5-6-17(13)8-9-3-4-10(14)7-11(9)15/h3-4,7H,5-6,8,15H2,1-2H3,(H,16,18). The lowest BCUT2D eigenvalue weighted by atomic mass is 9.97. The maximum Gasteiger partial charge on any atom is 0.240 e. The minimum atomic E-state index is -0.488. The van der Waals surface area contributed by atoms with Crippen LogP contribution in [0.4, 0.5) is 5.69 Å². The zero-order chi connectivity index (χ0) is 13.3. The molecule has 1 amide bonds. The molecule has 18 heavy (non-hydrogen) atoms. The van der Waals surface area contributed by atoms with Crippen molar-refractivity contribution in [2.75, 3.05) is 18.8 Å². The highest BCUT2D eigenvalue weighted by atomic mass is 79.9. The molecular weight excluding hydrogens is 294 g/mol. The van der Waals surface area contributed by atoms with Crippen LogP contribution in [-0.2, 0) is 11.3 Å². The molecule has 98 valence electrons. The molecule has 3 N–H and O–H groups in total. The zero-order valence-corrected chi connectivity index (χ0v) is 12.3. The van der Waals surface area contributed by atoms with Gasteiger partial charge in [0.05, 0.1) is 5.54 Å². The summed E-state index contributed by atoms with van der Waals surface area (Å²) >= 11 is 3.40. The molecule has 1 saturated heterocycles. The third-order valence-corrected chi connectivity index (χ3v) is 3.98. The first-order valence-corrected chi connectivity index (χ1v) is 6.78. The van der Waals surface area contributed by atoms with Crippen LogP contribution in [0.5, 0.6) is 0 Å². The molecule has 0 bridgehead atoms.